The maximum absolute atomic E-state index is 13.2. The van der Waals surface area contributed by atoms with E-state index in [0.717, 1.165) is 11.3 Å². The van der Waals surface area contributed by atoms with Gasteiger partial charge in [-0.05, 0) is 25.0 Å². The Morgan fingerprint density at radius 2 is 2.06 bits per heavy atom. The zero-order valence-corrected chi connectivity index (χ0v) is 21.0. The van der Waals surface area contributed by atoms with Crippen LogP contribution in [0.4, 0.5) is 5.13 Å². The number of carboxylic acid groups (broad SMARTS) is 2. The number of β-lactam (4-membered cyclic amide) rings is 1. The molecule has 15 heteroatoms. The van der Waals surface area contributed by atoms with Gasteiger partial charge in [-0.15, -0.1) is 23.1 Å². The molecule has 0 radical (unpaired) electrons. The molecule has 2 fully saturated rings. The highest BCUT2D eigenvalue weighted by atomic mass is 32.2. The number of nitrogen functional groups attached to an aromatic ring is 1. The second kappa shape index (κ2) is 10.4. The molecule has 1 saturated heterocycles. The predicted molar refractivity (Wildman–Crippen MR) is 131 cm³/mol. The van der Waals surface area contributed by atoms with Crippen LogP contribution in [0.3, 0.4) is 0 Å². The molecule has 1 aliphatic carbocycles. The summed E-state index contributed by atoms with van der Waals surface area (Å²) < 4.78 is 0. The first-order valence-corrected chi connectivity index (χ1v) is 13.2. The minimum absolute atomic E-state index is 0.0764. The smallest absolute Gasteiger partial charge is 0.352 e. The molecule has 13 nitrogen and oxygen atoms in total. The lowest BCUT2D eigenvalue weighted by atomic mass is 10.0. The minimum atomic E-state index is -1.54. The summed E-state index contributed by atoms with van der Waals surface area (Å²) in [5, 5.41) is 29.9. The average molecular weight is 539 g/mol. The Kier molecular flexibility index (Phi) is 7.51. The van der Waals surface area contributed by atoms with Gasteiger partial charge >= 0.3 is 11.9 Å². The number of carboxylic acids is 2. The van der Waals surface area contributed by atoms with Crippen LogP contribution < -0.4 is 16.4 Å². The lowest BCUT2D eigenvalue weighted by Crippen LogP contribution is -2.71. The number of aliphatic carboxylic acids is 2. The molecule has 0 aromatic carbocycles. The van der Waals surface area contributed by atoms with Gasteiger partial charge in [0, 0.05) is 30.5 Å². The molecular formula is C21H26N6O7S2. The number of hydrogen-bond acceptors (Lipinski definition) is 11. The monoisotopic (exact) mass is 538 g/mol. The van der Waals surface area contributed by atoms with Crippen LogP contribution in [0.2, 0.25) is 0 Å². The van der Waals surface area contributed by atoms with Crippen molar-refractivity contribution >= 4 is 57.7 Å². The van der Waals surface area contributed by atoms with E-state index in [1.54, 1.807) is 0 Å². The van der Waals surface area contributed by atoms with Crippen LogP contribution in [-0.4, -0.2) is 85.4 Å². The predicted octanol–water partition coefficient (Wildman–Crippen LogP) is 0.192. The number of anilines is 1. The van der Waals surface area contributed by atoms with Crippen LogP contribution in [0.5, 0.6) is 0 Å². The van der Waals surface area contributed by atoms with Gasteiger partial charge in [-0.1, -0.05) is 12.1 Å². The molecule has 0 bridgehead atoms. The zero-order chi connectivity index (χ0) is 26.0. The van der Waals surface area contributed by atoms with Gasteiger partial charge in [-0.3, -0.25) is 14.5 Å². The number of aromatic nitrogens is 1. The third-order valence-electron chi connectivity index (χ3n) is 6.22. The Morgan fingerprint density at radius 1 is 1.33 bits per heavy atom. The lowest BCUT2D eigenvalue weighted by Gasteiger charge is -2.49. The van der Waals surface area contributed by atoms with E-state index in [2.05, 4.69) is 20.8 Å². The van der Waals surface area contributed by atoms with Gasteiger partial charge in [-0.25, -0.2) is 14.6 Å². The standard InChI is InChI=1S/C21H26N6O7S2/c1-2-23-7-10-8-35-17-13(16(29)27(17)14(10)18(30)31)25-15(28)12(11-9-36-20(22)24-11)26-34-21(19(32)33)5-3-4-6-21/h9,13,17,23H,2-8H2,1H3,(H2,22,24)(H,25,28)(H,30,31)(H,32,33)/t13?,17-/m0/s1. The van der Waals surface area contributed by atoms with E-state index in [-0.39, 0.29) is 35.1 Å². The highest BCUT2D eigenvalue weighted by Crippen LogP contribution is 2.40. The number of amides is 2. The summed E-state index contributed by atoms with van der Waals surface area (Å²) in [6.07, 6.45) is 1.78. The van der Waals surface area contributed by atoms with Gasteiger partial charge < -0.3 is 31.4 Å². The maximum atomic E-state index is 13.2. The molecule has 1 unspecified atom stereocenters. The van der Waals surface area contributed by atoms with E-state index in [0.29, 0.717) is 37.3 Å². The number of nitrogens with one attached hydrogen (secondary N) is 2. The maximum Gasteiger partial charge on any atom is 0.352 e. The first-order chi connectivity index (χ1) is 17.2. The Morgan fingerprint density at radius 3 is 2.64 bits per heavy atom. The molecule has 6 N–H and O–H groups in total. The van der Waals surface area contributed by atoms with Crippen molar-refractivity contribution in [3.05, 3.63) is 22.3 Å². The molecule has 3 heterocycles. The van der Waals surface area contributed by atoms with Gasteiger partial charge in [0.2, 0.25) is 5.60 Å². The second-order valence-corrected chi connectivity index (χ2v) is 10.5. The highest BCUT2D eigenvalue weighted by molar-refractivity contribution is 8.00. The number of nitrogens with zero attached hydrogens (tertiary/aromatic N) is 3. The van der Waals surface area contributed by atoms with Crippen molar-refractivity contribution in [2.75, 3.05) is 24.6 Å². The summed E-state index contributed by atoms with van der Waals surface area (Å²) >= 11 is 2.40. The fourth-order valence-electron chi connectivity index (χ4n) is 4.33. The van der Waals surface area contributed by atoms with Crippen LogP contribution >= 0.6 is 23.1 Å². The van der Waals surface area contributed by atoms with E-state index in [9.17, 15) is 29.4 Å². The molecule has 194 valence electrons. The van der Waals surface area contributed by atoms with Crippen LogP contribution in [0.25, 0.3) is 0 Å². The van der Waals surface area contributed by atoms with Crippen molar-refractivity contribution in [1.29, 1.82) is 0 Å². The Labute approximate surface area is 214 Å². The number of rotatable bonds is 10. The summed E-state index contributed by atoms with van der Waals surface area (Å²) in [6, 6.07) is -1.00. The molecule has 4 rings (SSSR count). The summed E-state index contributed by atoms with van der Waals surface area (Å²) in [6.45, 7) is 2.87. The van der Waals surface area contributed by atoms with Crippen LogP contribution in [0.1, 0.15) is 38.3 Å². The number of carbonyl (C=O) groups is 4. The van der Waals surface area contributed by atoms with Gasteiger partial charge in [-0.2, -0.15) is 0 Å². The van der Waals surface area contributed by atoms with Crippen molar-refractivity contribution in [2.24, 2.45) is 5.16 Å². The lowest BCUT2D eigenvalue weighted by molar-refractivity contribution is -0.165. The van der Waals surface area contributed by atoms with E-state index in [1.165, 1.54) is 22.0 Å². The quantitative estimate of drug-likeness (QED) is 0.155. The van der Waals surface area contributed by atoms with E-state index < -0.39 is 40.8 Å². The number of fused-ring (bicyclic) bond motifs is 1. The number of thioether (sulfide) groups is 1. The molecule has 3 aliphatic rings. The molecule has 2 aliphatic heterocycles. The third kappa shape index (κ3) is 4.77. The first kappa shape index (κ1) is 25.9. The molecular weight excluding hydrogens is 512 g/mol. The summed E-state index contributed by atoms with van der Waals surface area (Å²) in [5.74, 6) is -3.38. The fourth-order valence-corrected chi connectivity index (χ4v) is 6.22. The normalized spacial score (nSPS) is 23.2. The van der Waals surface area contributed by atoms with Gasteiger partial charge in [0.1, 0.15) is 22.8 Å². The molecule has 36 heavy (non-hydrogen) atoms. The van der Waals surface area contributed by atoms with E-state index in [4.69, 9.17) is 10.6 Å². The third-order valence-corrected chi connectivity index (χ3v) is 8.23. The first-order valence-electron chi connectivity index (χ1n) is 11.3. The number of likely N-dealkylation sites (N-methyl/N-ethyl adjacent to an activating group) is 1. The van der Waals surface area contributed by atoms with Crippen molar-refractivity contribution in [2.45, 2.75) is 49.6 Å². The fraction of sp³-hybridized carbons (Fsp3) is 0.524. The van der Waals surface area contributed by atoms with E-state index in [1.807, 2.05) is 6.92 Å². The van der Waals surface area contributed by atoms with E-state index >= 15 is 0 Å². The summed E-state index contributed by atoms with van der Waals surface area (Å²) in [5.41, 5.74) is 4.43. The highest BCUT2D eigenvalue weighted by Gasteiger charge is 2.54. The summed E-state index contributed by atoms with van der Waals surface area (Å²) in [4.78, 5) is 60.5. The summed E-state index contributed by atoms with van der Waals surface area (Å²) in [7, 11) is 0. The molecule has 1 saturated carbocycles. The van der Waals surface area contributed by atoms with Crippen LogP contribution in [-0.2, 0) is 24.0 Å². The van der Waals surface area contributed by atoms with Gasteiger partial charge in [0.15, 0.2) is 10.8 Å². The number of thiazole rings is 1. The largest absolute Gasteiger partial charge is 0.478 e. The Bertz CT molecular complexity index is 1140. The molecule has 0 spiro atoms. The Balaban J connectivity index is 1.55. The minimum Gasteiger partial charge on any atom is -0.478 e. The zero-order valence-electron chi connectivity index (χ0n) is 19.4. The van der Waals surface area contributed by atoms with Gasteiger partial charge in [0.25, 0.3) is 11.8 Å². The Hall–Kier alpha value is -3.17. The van der Waals surface area contributed by atoms with Crippen molar-refractivity contribution in [3.63, 3.8) is 0 Å². The molecule has 1 aromatic rings. The van der Waals surface area contributed by atoms with Crippen LogP contribution in [0.15, 0.2) is 21.8 Å². The topological polar surface area (TPSA) is 197 Å². The van der Waals surface area contributed by atoms with Crippen LogP contribution in [0, 0.1) is 0 Å². The number of carbonyl (C=O) groups excluding carboxylic acids is 2. The second-order valence-electron chi connectivity index (χ2n) is 8.51. The number of nitrogens with two attached hydrogens (primary N) is 1. The molecule has 2 amide bonds. The van der Waals surface area contributed by atoms with Crippen molar-refractivity contribution in [1.82, 2.24) is 20.5 Å². The average Bonchev–Trinajstić information content (AvgIpc) is 3.50. The molecule has 1 aromatic heterocycles. The van der Waals surface area contributed by atoms with Gasteiger partial charge in [0.05, 0.1) is 0 Å². The van der Waals surface area contributed by atoms with Crippen molar-refractivity contribution < 1.29 is 34.2 Å². The number of hydrogen-bond donors (Lipinski definition) is 5. The van der Waals surface area contributed by atoms with Crippen molar-refractivity contribution in [3.8, 4) is 0 Å². The number of oxime groups is 1. The molecule has 2 atom stereocenters. The SMILES string of the molecule is CCNCC1=C(C(=O)O)N2C(=O)C(NC(=O)C(=NOC3(C(=O)O)CCCC3)c3csc(N)n3)[C@@H]2SC1.